The second-order valence-corrected chi connectivity index (χ2v) is 11.2. The fourth-order valence-electron chi connectivity index (χ4n) is 7.42. The highest BCUT2D eigenvalue weighted by atomic mass is 15.2. The molecule has 6 aromatic rings. The van der Waals surface area contributed by atoms with E-state index in [9.17, 15) is 0 Å². The van der Waals surface area contributed by atoms with Crippen LogP contribution in [-0.4, -0.2) is 6.71 Å². The molecule has 0 saturated heterocycles. The number of nitrogens with zero attached hydrogens (tertiary/aromatic N) is 2. The first-order valence-electron chi connectivity index (χ1n) is 14.6. The van der Waals surface area contributed by atoms with E-state index in [0.717, 1.165) is 12.8 Å². The van der Waals surface area contributed by atoms with E-state index in [2.05, 4.69) is 149 Å². The second-order valence-electron chi connectivity index (χ2n) is 11.2. The lowest BCUT2D eigenvalue weighted by Gasteiger charge is -2.45. The highest BCUT2D eigenvalue weighted by Crippen LogP contribution is 2.47. The van der Waals surface area contributed by atoms with Crippen LogP contribution in [-0.2, 0) is 6.42 Å². The van der Waals surface area contributed by atoms with Crippen molar-refractivity contribution in [2.24, 2.45) is 0 Å². The van der Waals surface area contributed by atoms with Crippen molar-refractivity contribution in [1.82, 2.24) is 0 Å². The van der Waals surface area contributed by atoms with Crippen LogP contribution in [0.5, 0.6) is 0 Å². The SMILES string of the molecule is C1=Cc2ccc3c(c2CC1)N(c1ccccc1)c1cccc2c1B3c1ccc3ccccc3c1N2c1ccccc1. The molecule has 0 radical (unpaired) electrons. The minimum absolute atomic E-state index is 0.145. The van der Waals surface area contributed by atoms with Gasteiger partial charge < -0.3 is 9.80 Å². The van der Waals surface area contributed by atoms with Crippen LogP contribution in [0.3, 0.4) is 0 Å². The summed E-state index contributed by atoms with van der Waals surface area (Å²) < 4.78 is 0. The van der Waals surface area contributed by atoms with Gasteiger partial charge in [0.05, 0.1) is 0 Å². The monoisotopic (exact) mass is 522 g/mol. The normalized spacial score (nSPS) is 14.4. The zero-order valence-corrected chi connectivity index (χ0v) is 22.7. The molecule has 0 atom stereocenters. The maximum atomic E-state index is 2.54. The molecule has 192 valence electrons. The molecule has 6 aromatic carbocycles. The molecule has 0 spiro atoms. The van der Waals surface area contributed by atoms with E-state index in [-0.39, 0.29) is 6.71 Å². The molecule has 0 unspecified atom stereocenters. The van der Waals surface area contributed by atoms with Gasteiger partial charge in [0, 0.05) is 39.5 Å². The van der Waals surface area contributed by atoms with E-state index >= 15 is 0 Å². The molecule has 0 saturated carbocycles. The summed E-state index contributed by atoms with van der Waals surface area (Å²) in [4.78, 5) is 5.04. The minimum atomic E-state index is 0.145. The largest absolute Gasteiger partial charge is 0.311 e. The van der Waals surface area contributed by atoms with Crippen molar-refractivity contribution in [3.63, 3.8) is 0 Å². The van der Waals surface area contributed by atoms with Gasteiger partial charge in [-0.25, -0.2) is 0 Å². The standard InChI is InChI=1S/C38H27BN2/c1-3-14-28(15-4-1)40-34-20-11-21-35-36(34)39(32-24-22-26-12-7-9-18-30(26)37(32)40)33-25-23-27-13-8-10-19-31(27)38(33)41(35)29-16-5-2-6-17-29/h1-9,11-18,20-25H,10,19H2. The molecule has 9 rings (SSSR count). The van der Waals surface area contributed by atoms with Crippen molar-refractivity contribution in [3.05, 3.63) is 145 Å². The molecule has 3 aliphatic rings. The van der Waals surface area contributed by atoms with E-state index in [1.807, 2.05) is 0 Å². The van der Waals surface area contributed by atoms with Gasteiger partial charge in [-0.2, -0.15) is 0 Å². The van der Waals surface area contributed by atoms with Gasteiger partial charge in [0.2, 0.25) is 0 Å². The average molecular weight is 522 g/mol. The van der Waals surface area contributed by atoms with Gasteiger partial charge in [-0.1, -0.05) is 103 Å². The highest BCUT2D eigenvalue weighted by molar-refractivity contribution is 7.00. The maximum absolute atomic E-state index is 2.54. The number of rotatable bonds is 2. The first-order chi connectivity index (χ1) is 20.4. The first kappa shape index (κ1) is 22.8. The molecule has 0 aromatic heterocycles. The van der Waals surface area contributed by atoms with Crippen molar-refractivity contribution < 1.29 is 0 Å². The lowest BCUT2D eigenvalue weighted by atomic mass is 9.33. The van der Waals surface area contributed by atoms with Gasteiger partial charge >= 0.3 is 0 Å². The van der Waals surface area contributed by atoms with Crippen molar-refractivity contribution >= 4 is 74.1 Å². The zero-order valence-electron chi connectivity index (χ0n) is 22.7. The molecule has 0 N–H and O–H groups in total. The molecule has 2 aliphatic heterocycles. The number of para-hydroxylation sites is 2. The third-order valence-corrected chi connectivity index (χ3v) is 9.07. The van der Waals surface area contributed by atoms with Crippen molar-refractivity contribution in [3.8, 4) is 0 Å². The molecule has 0 fully saturated rings. The van der Waals surface area contributed by atoms with Gasteiger partial charge in [-0.15, -0.1) is 0 Å². The third kappa shape index (κ3) is 3.20. The summed E-state index contributed by atoms with van der Waals surface area (Å²) in [7, 11) is 0. The van der Waals surface area contributed by atoms with E-state index in [1.165, 1.54) is 72.4 Å². The Balaban J connectivity index is 1.44. The van der Waals surface area contributed by atoms with E-state index in [0.29, 0.717) is 0 Å². The second kappa shape index (κ2) is 8.74. The summed E-state index contributed by atoms with van der Waals surface area (Å²) in [5.41, 5.74) is 14.5. The predicted octanol–water partition coefficient (Wildman–Crippen LogP) is 7.88. The number of allylic oxidation sites excluding steroid dienone is 1. The van der Waals surface area contributed by atoms with Crippen molar-refractivity contribution in [2.45, 2.75) is 12.8 Å². The smallest absolute Gasteiger partial charge is 0.252 e. The van der Waals surface area contributed by atoms with Gasteiger partial charge in [0.25, 0.3) is 6.71 Å². The Morgan fingerprint density at radius 1 is 0.537 bits per heavy atom. The van der Waals surface area contributed by atoms with Crippen LogP contribution < -0.4 is 26.2 Å². The number of anilines is 6. The Hall–Kier alpha value is -5.02. The predicted molar refractivity (Wildman–Crippen MR) is 175 cm³/mol. The molecule has 41 heavy (non-hydrogen) atoms. The minimum Gasteiger partial charge on any atom is -0.311 e. The lowest BCUT2D eigenvalue weighted by Crippen LogP contribution is -2.61. The van der Waals surface area contributed by atoms with Gasteiger partial charge in [0.1, 0.15) is 0 Å². The number of benzene rings is 6. The molecule has 2 heterocycles. The summed E-state index contributed by atoms with van der Waals surface area (Å²) in [6, 6.07) is 47.0. The van der Waals surface area contributed by atoms with Crippen LogP contribution in [0.2, 0.25) is 0 Å². The van der Waals surface area contributed by atoms with Gasteiger partial charge in [-0.05, 0) is 82.1 Å². The average Bonchev–Trinajstić information content (AvgIpc) is 3.05. The number of hydrogen-bond donors (Lipinski definition) is 0. The fraction of sp³-hybridized carbons (Fsp3) is 0.0526. The Bertz CT molecular complexity index is 2010. The third-order valence-electron chi connectivity index (χ3n) is 9.07. The molecule has 1 aliphatic carbocycles. The number of hydrogen-bond acceptors (Lipinski definition) is 2. The maximum Gasteiger partial charge on any atom is 0.252 e. The Morgan fingerprint density at radius 2 is 1.17 bits per heavy atom. The summed E-state index contributed by atoms with van der Waals surface area (Å²) in [6.45, 7) is 0.145. The van der Waals surface area contributed by atoms with Crippen LogP contribution in [0.1, 0.15) is 17.5 Å². The summed E-state index contributed by atoms with van der Waals surface area (Å²) in [5, 5.41) is 2.56. The Kier molecular flexibility index (Phi) is 4.85. The van der Waals surface area contributed by atoms with E-state index < -0.39 is 0 Å². The lowest BCUT2D eigenvalue weighted by molar-refractivity contribution is 0.981. The molecule has 3 heteroatoms. The summed E-state index contributed by atoms with van der Waals surface area (Å²) >= 11 is 0. The summed E-state index contributed by atoms with van der Waals surface area (Å²) in [6.07, 6.45) is 6.76. The molecule has 0 bridgehead atoms. The van der Waals surface area contributed by atoms with Gasteiger partial charge in [-0.3, -0.25) is 0 Å². The van der Waals surface area contributed by atoms with Crippen LogP contribution in [0.15, 0.2) is 133 Å². The van der Waals surface area contributed by atoms with E-state index in [1.54, 1.807) is 0 Å². The van der Waals surface area contributed by atoms with Crippen molar-refractivity contribution in [2.75, 3.05) is 9.80 Å². The van der Waals surface area contributed by atoms with Crippen LogP contribution in [0, 0.1) is 0 Å². The van der Waals surface area contributed by atoms with Crippen LogP contribution in [0.4, 0.5) is 34.1 Å². The molecule has 2 nitrogen and oxygen atoms in total. The quantitative estimate of drug-likeness (QED) is 0.213. The Morgan fingerprint density at radius 3 is 1.93 bits per heavy atom. The van der Waals surface area contributed by atoms with Crippen LogP contribution in [0.25, 0.3) is 16.8 Å². The zero-order chi connectivity index (χ0) is 26.9. The topological polar surface area (TPSA) is 6.48 Å². The van der Waals surface area contributed by atoms with E-state index in [4.69, 9.17) is 0 Å². The first-order valence-corrected chi connectivity index (χ1v) is 14.6. The van der Waals surface area contributed by atoms with Gasteiger partial charge in [0.15, 0.2) is 0 Å². The number of fused-ring (bicyclic) bond motifs is 8. The fourth-order valence-corrected chi connectivity index (χ4v) is 7.42. The highest BCUT2D eigenvalue weighted by Gasteiger charge is 2.44. The molecular weight excluding hydrogens is 495 g/mol. The summed E-state index contributed by atoms with van der Waals surface area (Å²) in [5.74, 6) is 0. The van der Waals surface area contributed by atoms with Crippen LogP contribution >= 0.6 is 0 Å². The molecular formula is C38H27BN2. The Labute approximate surface area is 240 Å². The van der Waals surface area contributed by atoms with Crippen molar-refractivity contribution in [1.29, 1.82) is 0 Å². The molecule has 0 amide bonds.